The summed E-state index contributed by atoms with van der Waals surface area (Å²) in [4.78, 5) is 12.6. The first-order chi connectivity index (χ1) is 9.47. The highest BCUT2D eigenvalue weighted by Crippen LogP contribution is 2.36. The molecule has 1 aromatic carbocycles. The van der Waals surface area contributed by atoms with Gasteiger partial charge in [0, 0.05) is 4.88 Å². The van der Waals surface area contributed by atoms with Crippen molar-refractivity contribution in [1.82, 2.24) is 0 Å². The molecule has 0 saturated carbocycles. The fourth-order valence-electron chi connectivity index (χ4n) is 1.64. The lowest BCUT2D eigenvalue weighted by molar-refractivity contribution is -0.142. The minimum absolute atomic E-state index is 0.0483. The number of benzene rings is 1. The number of carbonyl (C=O) groups excluding carboxylic acids is 1. The monoisotopic (exact) mass is 300 g/mol. The molecule has 0 aliphatic carbocycles. The summed E-state index contributed by atoms with van der Waals surface area (Å²) in [6.07, 6.45) is -4.03. The standard InChI is InChI=1S/C14H11F3O2S/c15-14(16,17)11-5-1-2-6-12(11)19-13(18)8-7-10-4-3-9-20-10/h1-6,9H,7-8H2. The molecule has 0 saturated heterocycles. The Morgan fingerprint density at radius 2 is 1.90 bits per heavy atom. The Morgan fingerprint density at radius 1 is 1.15 bits per heavy atom. The topological polar surface area (TPSA) is 26.3 Å². The van der Waals surface area contributed by atoms with E-state index in [1.807, 2.05) is 17.5 Å². The van der Waals surface area contributed by atoms with Gasteiger partial charge in [-0.15, -0.1) is 11.3 Å². The second-order valence-corrected chi connectivity index (χ2v) is 5.08. The molecule has 1 aromatic heterocycles. The van der Waals surface area contributed by atoms with Gasteiger partial charge >= 0.3 is 12.1 Å². The van der Waals surface area contributed by atoms with Crippen LogP contribution < -0.4 is 4.74 Å². The lowest BCUT2D eigenvalue weighted by Crippen LogP contribution is -2.13. The van der Waals surface area contributed by atoms with Crippen LogP contribution in [0.4, 0.5) is 13.2 Å². The van der Waals surface area contributed by atoms with Crippen molar-refractivity contribution in [3.8, 4) is 5.75 Å². The zero-order valence-electron chi connectivity index (χ0n) is 10.3. The molecule has 0 N–H and O–H groups in total. The second kappa shape index (κ2) is 6.09. The number of para-hydroxylation sites is 1. The molecule has 20 heavy (non-hydrogen) atoms. The average Bonchev–Trinajstić information content (AvgIpc) is 2.89. The summed E-state index contributed by atoms with van der Waals surface area (Å²) < 4.78 is 43.0. The van der Waals surface area contributed by atoms with Crippen molar-refractivity contribution >= 4 is 17.3 Å². The Morgan fingerprint density at radius 3 is 2.55 bits per heavy atom. The van der Waals surface area contributed by atoms with Crippen LogP contribution in [0.2, 0.25) is 0 Å². The van der Waals surface area contributed by atoms with Crippen LogP contribution >= 0.6 is 11.3 Å². The largest absolute Gasteiger partial charge is 0.426 e. The van der Waals surface area contributed by atoms with Gasteiger partial charge in [0.15, 0.2) is 0 Å². The van der Waals surface area contributed by atoms with Crippen LogP contribution in [0.5, 0.6) is 5.75 Å². The third-order valence-corrected chi connectivity index (χ3v) is 3.51. The Hall–Kier alpha value is -1.82. The molecule has 0 spiro atoms. The number of esters is 1. The number of rotatable bonds is 4. The van der Waals surface area contributed by atoms with Gasteiger partial charge in [0.2, 0.25) is 0 Å². The first-order valence-electron chi connectivity index (χ1n) is 5.86. The van der Waals surface area contributed by atoms with Gasteiger partial charge in [0.05, 0.1) is 12.0 Å². The Kier molecular flexibility index (Phi) is 4.44. The normalized spacial score (nSPS) is 11.3. The Labute approximate surface area is 117 Å². The predicted octanol–water partition coefficient (Wildman–Crippen LogP) is 4.31. The van der Waals surface area contributed by atoms with Crippen LogP contribution in [-0.2, 0) is 17.4 Å². The maximum Gasteiger partial charge on any atom is 0.419 e. The van der Waals surface area contributed by atoms with E-state index in [9.17, 15) is 18.0 Å². The van der Waals surface area contributed by atoms with Gasteiger partial charge in [-0.1, -0.05) is 18.2 Å². The number of halogens is 3. The maximum atomic E-state index is 12.7. The number of hydrogen-bond donors (Lipinski definition) is 0. The average molecular weight is 300 g/mol. The molecule has 0 amide bonds. The van der Waals surface area contributed by atoms with E-state index in [2.05, 4.69) is 0 Å². The summed E-state index contributed by atoms with van der Waals surface area (Å²) >= 11 is 1.49. The molecule has 0 atom stereocenters. The van der Waals surface area contributed by atoms with Gasteiger partial charge in [-0.05, 0) is 30.0 Å². The van der Waals surface area contributed by atoms with Crippen LogP contribution in [0.3, 0.4) is 0 Å². The molecule has 0 aliphatic rings. The van der Waals surface area contributed by atoms with Gasteiger partial charge in [-0.2, -0.15) is 13.2 Å². The molecule has 0 bridgehead atoms. The minimum Gasteiger partial charge on any atom is -0.426 e. The number of thiophene rings is 1. The van der Waals surface area contributed by atoms with E-state index < -0.39 is 23.5 Å². The van der Waals surface area contributed by atoms with Crippen molar-refractivity contribution in [1.29, 1.82) is 0 Å². The van der Waals surface area contributed by atoms with Crippen LogP contribution in [-0.4, -0.2) is 5.97 Å². The molecule has 106 valence electrons. The lowest BCUT2D eigenvalue weighted by atomic mass is 10.2. The van der Waals surface area contributed by atoms with Crippen molar-refractivity contribution in [2.45, 2.75) is 19.0 Å². The molecule has 0 fully saturated rings. The third kappa shape index (κ3) is 3.84. The minimum atomic E-state index is -4.54. The quantitative estimate of drug-likeness (QED) is 0.621. The molecule has 1 heterocycles. The predicted molar refractivity (Wildman–Crippen MR) is 69.7 cm³/mol. The zero-order valence-corrected chi connectivity index (χ0v) is 11.1. The maximum absolute atomic E-state index is 12.7. The summed E-state index contributed by atoms with van der Waals surface area (Å²) in [5, 5.41) is 1.87. The molecule has 2 aromatic rings. The Bertz CT molecular complexity index is 576. The highest BCUT2D eigenvalue weighted by molar-refractivity contribution is 7.09. The van der Waals surface area contributed by atoms with E-state index >= 15 is 0 Å². The summed E-state index contributed by atoms with van der Waals surface area (Å²) in [6, 6.07) is 8.41. The van der Waals surface area contributed by atoms with Gasteiger partial charge in [-0.3, -0.25) is 4.79 Å². The molecule has 0 aliphatic heterocycles. The van der Waals surface area contributed by atoms with E-state index in [-0.39, 0.29) is 6.42 Å². The smallest absolute Gasteiger partial charge is 0.419 e. The van der Waals surface area contributed by atoms with Gasteiger partial charge < -0.3 is 4.74 Å². The zero-order chi connectivity index (χ0) is 14.6. The SMILES string of the molecule is O=C(CCc1cccs1)Oc1ccccc1C(F)(F)F. The number of ether oxygens (including phenoxy) is 1. The first-order valence-corrected chi connectivity index (χ1v) is 6.74. The summed E-state index contributed by atoms with van der Waals surface area (Å²) in [6.45, 7) is 0. The molecule has 0 radical (unpaired) electrons. The van der Waals surface area contributed by atoms with Crippen LogP contribution in [0.1, 0.15) is 16.9 Å². The summed E-state index contributed by atoms with van der Waals surface area (Å²) in [5.74, 6) is -1.12. The van der Waals surface area contributed by atoms with Gasteiger partial charge in [0.1, 0.15) is 5.75 Å². The van der Waals surface area contributed by atoms with E-state index in [4.69, 9.17) is 4.74 Å². The summed E-state index contributed by atoms with van der Waals surface area (Å²) in [7, 11) is 0. The summed E-state index contributed by atoms with van der Waals surface area (Å²) in [5.41, 5.74) is -0.940. The van der Waals surface area contributed by atoms with E-state index in [0.717, 1.165) is 17.0 Å². The highest BCUT2D eigenvalue weighted by atomic mass is 32.1. The van der Waals surface area contributed by atoms with Crippen LogP contribution in [0, 0.1) is 0 Å². The molecular formula is C14H11F3O2S. The number of alkyl halides is 3. The van der Waals surface area contributed by atoms with Crippen molar-refractivity contribution in [3.05, 3.63) is 52.2 Å². The molecule has 2 nitrogen and oxygen atoms in total. The van der Waals surface area contributed by atoms with Crippen molar-refractivity contribution in [2.24, 2.45) is 0 Å². The molecule has 2 rings (SSSR count). The number of hydrogen-bond acceptors (Lipinski definition) is 3. The van der Waals surface area contributed by atoms with E-state index in [0.29, 0.717) is 6.42 Å². The van der Waals surface area contributed by atoms with E-state index in [1.165, 1.54) is 23.5 Å². The second-order valence-electron chi connectivity index (χ2n) is 4.05. The molecular weight excluding hydrogens is 289 g/mol. The number of aryl methyl sites for hydroxylation is 1. The fraction of sp³-hybridized carbons (Fsp3) is 0.214. The highest BCUT2D eigenvalue weighted by Gasteiger charge is 2.34. The van der Waals surface area contributed by atoms with Gasteiger partial charge in [-0.25, -0.2) is 0 Å². The van der Waals surface area contributed by atoms with Crippen molar-refractivity contribution < 1.29 is 22.7 Å². The lowest BCUT2D eigenvalue weighted by Gasteiger charge is -2.12. The Balaban J connectivity index is 2.01. The first kappa shape index (κ1) is 14.6. The van der Waals surface area contributed by atoms with Crippen molar-refractivity contribution in [2.75, 3.05) is 0 Å². The van der Waals surface area contributed by atoms with Crippen LogP contribution in [0.15, 0.2) is 41.8 Å². The van der Waals surface area contributed by atoms with Gasteiger partial charge in [0.25, 0.3) is 0 Å². The third-order valence-electron chi connectivity index (χ3n) is 2.57. The van der Waals surface area contributed by atoms with E-state index in [1.54, 1.807) is 0 Å². The fourth-order valence-corrected chi connectivity index (χ4v) is 2.35. The van der Waals surface area contributed by atoms with Crippen molar-refractivity contribution in [3.63, 3.8) is 0 Å². The van der Waals surface area contributed by atoms with Crippen LogP contribution in [0.25, 0.3) is 0 Å². The number of carbonyl (C=O) groups is 1. The molecule has 6 heteroatoms. The molecule has 0 unspecified atom stereocenters.